The van der Waals surface area contributed by atoms with Gasteiger partial charge in [0, 0.05) is 22.4 Å². The number of aryl methyl sites for hydroxylation is 1. The van der Waals surface area contributed by atoms with Gasteiger partial charge in [-0.05, 0) is 47.0 Å². The van der Waals surface area contributed by atoms with E-state index in [-0.39, 0.29) is 0 Å². The minimum Gasteiger partial charge on any atom is -0.398 e. The monoisotopic (exact) mass is 242 g/mol. The number of nitrogens with one attached hydrogen (secondary N) is 1. The van der Waals surface area contributed by atoms with E-state index in [2.05, 4.69) is 34.2 Å². The van der Waals surface area contributed by atoms with Crippen LogP contribution in [0.1, 0.15) is 18.9 Å². The Labute approximate surface area is 87.6 Å². The zero-order valence-electron chi connectivity index (χ0n) is 8.02. The van der Waals surface area contributed by atoms with Gasteiger partial charge in [-0.1, -0.05) is 6.92 Å². The molecule has 13 heavy (non-hydrogen) atoms. The van der Waals surface area contributed by atoms with Gasteiger partial charge in [0.15, 0.2) is 0 Å². The summed E-state index contributed by atoms with van der Waals surface area (Å²) >= 11 is 3.47. The van der Waals surface area contributed by atoms with Crippen molar-refractivity contribution in [1.82, 2.24) is 0 Å². The van der Waals surface area contributed by atoms with Crippen molar-refractivity contribution in [3.05, 3.63) is 22.2 Å². The molecule has 0 aliphatic rings. The molecule has 0 aliphatic heterocycles. The number of nitrogen functional groups attached to an aromatic ring is 1. The van der Waals surface area contributed by atoms with E-state index in [1.807, 2.05) is 13.0 Å². The molecule has 3 heteroatoms. The maximum absolute atomic E-state index is 5.76. The van der Waals surface area contributed by atoms with Gasteiger partial charge in [0.25, 0.3) is 0 Å². The molecule has 0 radical (unpaired) electrons. The van der Waals surface area contributed by atoms with Gasteiger partial charge in [0.05, 0.1) is 0 Å². The van der Waals surface area contributed by atoms with Crippen LogP contribution in [0.15, 0.2) is 16.6 Å². The van der Waals surface area contributed by atoms with Gasteiger partial charge in [-0.15, -0.1) is 0 Å². The third-order valence-corrected chi connectivity index (χ3v) is 2.58. The highest BCUT2D eigenvalue weighted by atomic mass is 79.9. The second kappa shape index (κ2) is 4.51. The average molecular weight is 243 g/mol. The van der Waals surface area contributed by atoms with Gasteiger partial charge < -0.3 is 11.1 Å². The quantitative estimate of drug-likeness (QED) is 0.800. The fourth-order valence-corrected chi connectivity index (χ4v) is 1.59. The molecule has 1 rings (SSSR count). The lowest BCUT2D eigenvalue weighted by Gasteiger charge is -2.09. The summed E-state index contributed by atoms with van der Waals surface area (Å²) in [5.74, 6) is 0. The van der Waals surface area contributed by atoms with Crippen LogP contribution in [0.3, 0.4) is 0 Å². The summed E-state index contributed by atoms with van der Waals surface area (Å²) in [4.78, 5) is 0. The maximum Gasteiger partial charge on any atom is 0.0488 e. The molecule has 3 N–H and O–H groups in total. The number of halogens is 1. The number of benzene rings is 1. The van der Waals surface area contributed by atoms with Crippen LogP contribution >= 0.6 is 15.9 Å². The summed E-state index contributed by atoms with van der Waals surface area (Å²) in [6.07, 6.45) is 1.12. The van der Waals surface area contributed by atoms with Gasteiger partial charge in [0.1, 0.15) is 0 Å². The minimum absolute atomic E-state index is 0.828. The van der Waals surface area contributed by atoms with E-state index >= 15 is 0 Å². The topological polar surface area (TPSA) is 38.0 Å². The van der Waals surface area contributed by atoms with Crippen LogP contribution in [0.5, 0.6) is 0 Å². The summed E-state index contributed by atoms with van der Waals surface area (Å²) in [7, 11) is 0. The predicted octanol–water partition coefficient (Wildman–Crippen LogP) is 3.16. The average Bonchev–Trinajstić information content (AvgIpc) is 2.09. The molecule has 1 aromatic rings. The van der Waals surface area contributed by atoms with E-state index in [0.29, 0.717) is 0 Å². The fraction of sp³-hybridized carbons (Fsp3) is 0.400. The SMILES string of the molecule is CCCNc1cc(C)c(N)cc1Br. The molecule has 0 fully saturated rings. The van der Waals surface area contributed by atoms with Crippen molar-refractivity contribution in [3.8, 4) is 0 Å². The Balaban J connectivity index is 2.88. The fourth-order valence-electron chi connectivity index (χ4n) is 1.09. The summed E-state index contributed by atoms with van der Waals surface area (Å²) in [5, 5.41) is 3.33. The lowest BCUT2D eigenvalue weighted by atomic mass is 10.2. The zero-order chi connectivity index (χ0) is 9.84. The molecule has 72 valence electrons. The zero-order valence-corrected chi connectivity index (χ0v) is 9.61. The molecular weight excluding hydrogens is 228 g/mol. The molecule has 0 atom stereocenters. The number of hydrogen-bond acceptors (Lipinski definition) is 2. The Kier molecular flexibility index (Phi) is 3.60. The van der Waals surface area contributed by atoms with Gasteiger partial charge >= 0.3 is 0 Å². The molecular formula is C10H15BrN2. The molecule has 2 nitrogen and oxygen atoms in total. The normalized spacial score (nSPS) is 10.1. The van der Waals surface area contributed by atoms with Crippen LogP contribution in [0.2, 0.25) is 0 Å². The highest BCUT2D eigenvalue weighted by molar-refractivity contribution is 9.10. The number of anilines is 2. The van der Waals surface area contributed by atoms with E-state index in [1.54, 1.807) is 0 Å². The van der Waals surface area contributed by atoms with Gasteiger partial charge in [-0.25, -0.2) is 0 Å². The first-order valence-electron chi connectivity index (χ1n) is 4.44. The lowest BCUT2D eigenvalue weighted by molar-refractivity contribution is 0.978. The van der Waals surface area contributed by atoms with Crippen molar-refractivity contribution in [2.45, 2.75) is 20.3 Å². The molecule has 0 heterocycles. The van der Waals surface area contributed by atoms with Crippen molar-refractivity contribution < 1.29 is 0 Å². The van der Waals surface area contributed by atoms with Gasteiger partial charge in [-0.3, -0.25) is 0 Å². The Morgan fingerprint density at radius 3 is 2.77 bits per heavy atom. The third kappa shape index (κ3) is 2.62. The largest absolute Gasteiger partial charge is 0.398 e. The first-order chi connectivity index (χ1) is 6.15. The van der Waals surface area contributed by atoms with E-state index in [9.17, 15) is 0 Å². The van der Waals surface area contributed by atoms with Crippen molar-refractivity contribution in [2.75, 3.05) is 17.6 Å². The van der Waals surface area contributed by atoms with E-state index < -0.39 is 0 Å². The molecule has 0 bridgehead atoms. The van der Waals surface area contributed by atoms with Crippen molar-refractivity contribution in [2.24, 2.45) is 0 Å². The van der Waals surface area contributed by atoms with E-state index in [0.717, 1.165) is 34.4 Å². The Hall–Kier alpha value is -0.700. The molecule has 1 aromatic carbocycles. The third-order valence-electron chi connectivity index (χ3n) is 1.92. The van der Waals surface area contributed by atoms with Crippen LogP contribution in [0.25, 0.3) is 0 Å². The van der Waals surface area contributed by atoms with Crippen LogP contribution in [-0.4, -0.2) is 6.54 Å². The van der Waals surface area contributed by atoms with Crippen molar-refractivity contribution in [1.29, 1.82) is 0 Å². The summed E-state index contributed by atoms with van der Waals surface area (Å²) in [5.41, 5.74) is 8.82. The second-order valence-corrected chi connectivity index (χ2v) is 3.97. The molecule has 0 amide bonds. The van der Waals surface area contributed by atoms with Gasteiger partial charge in [0.2, 0.25) is 0 Å². The smallest absolute Gasteiger partial charge is 0.0488 e. The number of nitrogens with two attached hydrogens (primary N) is 1. The summed E-state index contributed by atoms with van der Waals surface area (Å²) < 4.78 is 1.03. The minimum atomic E-state index is 0.828. The predicted molar refractivity (Wildman–Crippen MR) is 62.1 cm³/mol. The van der Waals surface area contributed by atoms with Crippen molar-refractivity contribution >= 4 is 27.3 Å². The highest BCUT2D eigenvalue weighted by Crippen LogP contribution is 2.27. The van der Waals surface area contributed by atoms with Crippen LogP contribution in [0.4, 0.5) is 11.4 Å². The Morgan fingerprint density at radius 1 is 1.46 bits per heavy atom. The van der Waals surface area contributed by atoms with E-state index in [4.69, 9.17) is 5.73 Å². The molecule has 0 unspecified atom stereocenters. The Bertz CT molecular complexity index is 297. The highest BCUT2D eigenvalue weighted by Gasteiger charge is 2.01. The molecule has 0 aromatic heterocycles. The number of hydrogen-bond donors (Lipinski definition) is 2. The van der Waals surface area contributed by atoms with Crippen LogP contribution < -0.4 is 11.1 Å². The van der Waals surface area contributed by atoms with Crippen LogP contribution in [0, 0.1) is 6.92 Å². The molecule has 0 saturated carbocycles. The second-order valence-electron chi connectivity index (χ2n) is 3.12. The van der Waals surface area contributed by atoms with Gasteiger partial charge in [-0.2, -0.15) is 0 Å². The Morgan fingerprint density at radius 2 is 2.15 bits per heavy atom. The first-order valence-corrected chi connectivity index (χ1v) is 5.24. The molecule has 0 saturated heterocycles. The number of rotatable bonds is 3. The molecule has 0 spiro atoms. The summed E-state index contributed by atoms with van der Waals surface area (Å²) in [6, 6.07) is 4.00. The standard InChI is InChI=1S/C10H15BrN2/c1-3-4-13-10-5-7(2)9(12)6-8(10)11/h5-6,13H,3-4,12H2,1-2H3. The lowest BCUT2D eigenvalue weighted by Crippen LogP contribution is -2.01. The first kappa shape index (κ1) is 10.4. The molecule has 0 aliphatic carbocycles. The summed E-state index contributed by atoms with van der Waals surface area (Å²) in [6.45, 7) is 5.14. The van der Waals surface area contributed by atoms with Crippen molar-refractivity contribution in [3.63, 3.8) is 0 Å². The van der Waals surface area contributed by atoms with E-state index in [1.165, 1.54) is 0 Å². The maximum atomic E-state index is 5.76. The van der Waals surface area contributed by atoms with Crippen LogP contribution in [-0.2, 0) is 0 Å².